The Bertz CT molecular complexity index is 1080. The first-order chi connectivity index (χ1) is 12.6. The lowest BCUT2D eigenvalue weighted by Gasteiger charge is -2.08. The number of benzene rings is 1. The van der Waals surface area contributed by atoms with Crippen molar-refractivity contribution in [3.8, 4) is 11.3 Å². The highest BCUT2D eigenvalue weighted by atomic mass is 16.1. The Morgan fingerprint density at radius 1 is 1.19 bits per heavy atom. The van der Waals surface area contributed by atoms with Crippen molar-refractivity contribution in [2.24, 2.45) is 7.05 Å². The van der Waals surface area contributed by atoms with Gasteiger partial charge in [0, 0.05) is 38.7 Å². The number of amides is 1. The third kappa shape index (κ3) is 2.85. The van der Waals surface area contributed by atoms with Gasteiger partial charge in [0.05, 0.1) is 12.0 Å². The summed E-state index contributed by atoms with van der Waals surface area (Å²) in [6.45, 7) is 2.58. The van der Waals surface area contributed by atoms with Crippen LogP contribution in [0.1, 0.15) is 6.92 Å². The molecular weight excluding hydrogens is 330 g/mol. The molecule has 8 nitrogen and oxygen atoms in total. The minimum atomic E-state index is -0.0542. The van der Waals surface area contributed by atoms with Crippen molar-refractivity contribution in [2.75, 3.05) is 18.4 Å². The number of carbonyl (C=O) groups excluding carboxylic acids is 1. The first-order valence-electron chi connectivity index (χ1n) is 8.38. The molecule has 0 saturated carbocycles. The van der Waals surface area contributed by atoms with E-state index < -0.39 is 0 Å². The third-order valence-electron chi connectivity index (χ3n) is 4.11. The quantitative estimate of drug-likeness (QED) is 0.537. The van der Waals surface area contributed by atoms with Crippen LogP contribution in [-0.2, 0) is 11.8 Å². The maximum Gasteiger partial charge on any atom is 0.216 e. The molecule has 2 N–H and O–H groups in total. The van der Waals surface area contributed by atoms with Crippen molar-refractivity contribution in [3.63, 3.8) is 0 Å². The predicted octanol–water partition coefficient (Wildman–Crippen LogP) is 1.83. The summed E-state index contributed by atoms with van der Waals surface area (Å²) >= 11 is 0. The Hall–Kier alpha value is -3.42. The van der Waals surface area contributed by atoms with Crippen LogP contribution in [0.5, 0.6) is 0 Å². The van der Waals surface area contributed by atoms with E-state index in [4.69, 9.17) is 5.10 Å². The maximum atomic E-state index is 11.0. The lowest BCUT2D eigenvalue weighted by atomic mass is 10.2. The Labute approximate surface area is 149 Å². The van der Waals surface area contributed by atoms with Crippen LogP contribution in [0.3, 0.4) is 0 Å². The fourth-order valence-electron chi connectivity index (χ4n) is 2.91. The summed E-state index contributed by atoms with van der Waals surface area (Å²) < 4.78 is 3.73. The second kappa shape index (κ2) is 6.47. The van der Waals surface area contributed by atoms with E-state index in [1.54, 1.807) is 6.33 Å². The van der Waals surface area contributed by atoms with E-state index in [0.29, 0.717) is 18.9 Å². The molecule has 0 bridgehead atoms. The molecule has 0 fully saturated rings. The number of nitrogens with zero attached hydrogens (tertiary/aromatic N) is 5. The summed E-state index contributed by atoms with van der Waals surface area (Å²) in [5.74, 6) is 0.624. The van der Waals surface area contributed by atoms with Gasteiger partial charge in [0.1, 0.15) is 0 Å². The summed E-state index contributed by atoms with van der Waals surface area (Å²) in [4.78, 5) is 20.1. The van der Waals surface area contributed by atoms with E-state index in [2.05, 4.69) is 20.6 Å². The van der Waals surface area contributed by atoms with E-state index in [1.807, 2.05) is 52.5 Å². The summed E-state index contributed by atoms with van der Waals surface area (Å²) in [6, 6.07) is 12.0. The van der Waals surface area contributed by atoms with Crippen LogP contribution in [0.4, 0.5) is 5.82 Å². The van der Waals surface area contributed by atoms with Crippen LogP contribution in [0.25, 0.3) is 28.1 Å². The number of fused-ring (bicyclic) bond motifs is 3. The van der Waals surface area contributed by atoms with Gasteiger partial charge in [-0.3, -0.25) is 4.79 Å². The molecule has 3 aromatic heterocycles. The number of hydrogen-bond acceptors (Lipinski definition) is 5. The van der Waals surface area contributed by atoms with Crippen LogP contribution < -0.4 is 10.6 Å². The highest BCUT2D eigenvalue weighted by molar-refractivity contribution is 5.86. The fourth-order valence-corrected chi connectivity index (χ4v) is 2.91. The van der Waals surface area contributed by atoms with Crippen molar-refractivity contribution < 1.29 is 4.79 Å². The Balaban J connectivity index is 1.76. The maximum absolute atomic E-state index is 11.0. The largest absolute Gasteiger partial charge is 0.366 e. The molecule has 4 aromatic rings. The first kappa shape index (κ1) is 16.1. The number of carbonyl (C=O) groups is 1. The second-order valence-electron chi connectivity index (χ2n) is 6.06. The molecule has 0 aliphatic rings. The molecule has 0 unspecified atom stereocenters. The molecular formula is C18H19N7O. The zero-order valence-corrected chi connectivity index (χ0v) is 14.6. The molecule has 3 heterocycles. The minimum absolute atomic E-state index is 0.0542. The Morgan fingerprint density at radius 3 is 2.77 bits per heavy atom. The molecule has 0 radical (unpaired) electrons. The van der Waals surface area contributed by atoms with Crippen molar-refractivity contribution in [3.05, 3.63) is 42.7 Å². The Morgan fingerprint density at radius 2 is 2.00 bits per heavy atom. The van der Waals surface area contributed by atoms with Gasteiger partial charge in [-0.2, -0.15) is 9.61 Å². The lowest BCUT2D eigenvalue weighted by molar-refractivity contribution is -0.118. The highest BCUT2D eigenvalue weighted by Crippen LogP contribution is 2.25. The zero-order chi connectivity index (χ0) is 18.1. The monoisotopic (exact) mass is 349 g/mol. The molecule has 4 rings (SSSR count). The SMILES string of the molecule is CC(=O)NCCNc1nc2cc(-c3ccccc3)nn2c2c1ncn2C. The summed E-state index contributed by atoms with van der Waals surface area (Å²) in [5, 5.41) is 10.7. The topological polar surface area (TPSA) is 89.1 Å². The van der Waals surface area contributed by atoms with E-state index >= 15 is 0 Å². The molecule has 0 aliphatic heterocycles. The predicted molar refractivity (Wildman–Crippen MR) is 99.9 cm³/mol. The Kier molecular flexibility index (Phi) is 4.00. The second-order valence-corrected chi connectivity index (χ2v) is 6.06. The highest BCUT2D eigenvalue weighted by Gasteiger charge is 2.15. The van der Waals surface area contributed by atoms with E-state index in [0.717, 1.165) is 28.1 Å². The molecule has 0 spiro atoms. The number of aromatic nitrogens is 5. The molecule has 0 atom stereocenters. The smallest absolute Gasteiger partial charge is 0.216 e. The van der Waals surface area contributed by atoms with Gasteiger partial charge in [-0.1, -0.05) is 30.3 Å². The van der Waals surface area contributed by atoms with Gasteiger partial charge in [0.2, 0.25) is 5.91 Å². The number of hydrogen-bond donors (Lipinski definition) is 2. The number of anilines is 1. The van der Waals surface area contributed by atoms with Gasteiger partial charge in [0.15, 0.2) is 22.6 Å². The molecule has 1 amide bonds. The fraction of sp³-hybridized carbons (Fsp3) is 0.222. The molecule has 26 heavy (non-hydrogen) atoms. The molecule has 8 heteroatoms. The van der Waals surface area contributed by atoms with Crippen molar-refractivity contribution >= 4 is 28.5 Å². The van der Waals surface area contributed by atoms with Crippen LogP contribution in [0, 0.1) is 0 Å². The standard InChI is InChI=1S/C18H19N7O/c1-12(26)19-8-9-20-17-16-18(24(2)11-21-16)25-15(22-17)10-14(23-25)13-6-4-3-5-7-13/h3-7,10-11H,8-9H2,1-2H3,(H,19,26)(H,20,22). The van der Waals surface area contributed by atoms with Gasteiger partial charge < -0.3 is 15.2 Å². The first-order valence-corrected chi connectivity index (χ1v) is 8.38. The number of imidazole rings is 1. The zero-order valence-electron chi connectivity index (χ0n) is 14.6. The van der Waals surface area contributed by atoms with Crippen LogP contribution in [0.15, 0.2) is 42.7 Å². The summed E-state index contributed by atoms with van der Waals surface area (Å²) in [7, 11) is 1.93. The molecule has 1 aromatic carbocycles. The van der Waals surface area contributed by atoms with Crippen molar-refractivity contribution in [2.45, 2.75) is 6.92 Å². The molecule has 0 saturated heterocycles. The van der Waals surface area contributed by atoms with Gasteiger partial charge in [-0.25, -0.2) is 9.97 Å². The van der Waals surface area contributed by atoms with Crippen LogP contribution >= 0.6 is 0 Å². The number of rotatable bonds is 5. The lowest BCUT2D eigenvalue weighted by Crippen LogP contribution is -2.26. The third-order valence-corrected chi connectivity index (χ3v) is 4.11. The molecule has 0 aliphatic carbocycles. The van der Waals surface area contributed by atoms with Gasteiger partial charge >= 0.3 is 0 Å². The normalized spacial score (nSPS) is 11.2. The van der Waals surface area contributed by atoms with Crippen LogP contribution in [-0.4, -0.2) is 43.1 Å². The van der Waals surface area contributed by atoms with Crippen LogP contribution in [0.2, 0.25) is 0 Å². The average Bonchev–Trinajstić information content (AvgIpc) is 3.23. The average molecular weight is 349 g/mol. The van der Waals surface area contributed by atoms with Crippen molar-refractivity contribution in [1.82, 2.24) is 29.5 Å². The summed E-state index contributed by atoms with van der Waals surface area (Å²) in [5.41, 5.74) is 4.23. The van der Waals surface area contributed by atoms with Gasteiger partial charge in [-0.05, 0) is 0 Å². The van der Waals surface area contributed by atoms with Gasteiger partial charge in [0.25, 0.3) is 0 Å². The number of nitrogens with one attached hydrogen (secondary N) is 2. The van der Waals surface area contributed by atoms with E-state index in [1.165, 1.54) is 6.92 Å². The van der Waals surface area contributed by atoms with E-state index in [-0.39, 0.29) is 5.91 Å². The summed E-state index contributed by atoms with van der Waals surface area (Å²) in [6.07, 6.45) is 1.74. The molecule has 132 valence electrons. The van der Waals surface area contributed by atoms with Gasteiger partial charge in [-0.15, -0.1) is 0 Å². The van der Waals surface area contributed by atoms with Crippen molar-refractivity contribution in [1.29, 1.82) is 0 Å². The van der Waals surface area contributed by atoms with E-state index in [9.17, 15) is 4.79 Å². The minimum Gasteiger partial charge on any atom is -0.366 e. The number of aryl methyl sites for hydroxylation is 1.